The van der Waals surface area contributed by atoms with Gasteiger partial charge in [0.25, 0.3) is 0 Å². The van der Waals surface area contributed by atoms with Crippen LogP contribution in [0.1, 0.15) is 37.7 Å². The third-order valence-electron chi connectivity index (χ3n) is 4.84. The van der Waals surface area contributed by atoms with E-state index in [2.05, 4.69) is 17.4 Å². The molecule has 102 valence electrons. The van der Waals surface area contributed by atoms with Crippen LogP contribution in [0, 0.1) is 5.92 Å². The summed E-state index contributed by atoms with van der Waals surface area (Å²) in [5.74, 6) is 1.28. The Morgan fingerprint density at radius 2 is 2.16 bits per heavy atom. The van der Waals surface area contributed by atoms with Crippen molar-refractivity contribution in [3.8, 4) is 5.75 Å². The molecular weight excluding hydrogens is 238 g/mol. The lowest BCUT2D eigenvalue weighted by Gasteiger charge is -2.33. The smallest absolute Gasteiger partial charge is 0.224 e. The van der Waals surface area contributed by atoms with E-state index in [-0.39, 0.29) is 17.2 Å². The number of rotatable bonds is 2. The quantitative estimate of drug-likeness (QED) is 0.886. The molecule has 2 fully saturated rings. The second kappa shape index (κ2) is 4.87. The maximum atomic E-state index is 12.3. The van der Waals surface area contributed by atoms with Gasteiger partial charge in [0.15, 0.2) is 0 Å². The first-order valence-electron chi connectivity index (χ1n) is 7.18. The predicted molar refractivity (Wildman–Crippen MR) is 74.3 cm³/mol. The number of ether oxygens (including phenoxy) is 1. The second-order valence-corrected chi connectivity index (χ2v) is 5.73. The normalized spacial score (nSPS) is 30.4. The summed E-state index contributed by atoms with van der Waals surface area (Å²) in [5.41, 5.74) is 1.32. The number of benzene rings is 1. The largest absolute Gasteiger partial charge is 0.497 e. The number of carbonyl (C=O) groups excluding carboxylic acids is 1. The lowest BCUT2D eigenvalue weighted by atomic mass is 9.69. The molecule has 0 spiro atoms. The van der Waals surface area contributed by atoms with Gasteiger partial charge >= 0.3 is 0 Å². The van der Waals surface area contributed by atoms with E-state index in [9.17, 15) is 4.79 Å². The van der Waals surface area contributed by atoms with Crippen LogP contribution in [0.15, 0.2) is 24.3 Å². The average Bonchev–Trinajstić information content (AvgIpc) is 2.82. The van der Waals surface area contributed by atoms with E-state index in [1.807, 2.05) is 12.1 Å². The molecule has 1 aromatic carbocycles. The SMILES string of the molecule is COc1cccc(C23CCCNC(=O)C2CCC3)c1. The molecule has 1 saturated heterocycles. The summed E-state index contributed by atoms with van der Waals surface area (Å²) in [6, 6.07) is 8.30. The molecule has 3 heteroatoms. The molecule has 3 nitrogen and oxygen atoms in total. The molecule has 1 aliphatic heterocycles. The van der Waals surface area contributed by atoms with E-state index in [4.69, 9.17) is 4.74 Å². The van der Waals surface area contributed by atoms with Crippen LogP contribution >= 0.6 is 0 Å². The van der Waals surface area contributed by atoms with E-state index in [0.717, 1.165) is 44.4 Å². The van der Waals surface area contributed by atoms with Crippen molar-refractivity contribution < 1.29 is 9.53 Å². The molecule has 2 unspecified atom stereocenters. The van der Waals surface area contributed by atoms with Crippen LogP contribution in [-0.4, -0.2) is 19.6 Å². The van der Waals surface area contributed by atoms with Crippen LogP contribution in [-0.2, 0) is 10.2 Å². The molecule has 1 amide bonds. The monoisotopic (exact) mass is 259 g/mol. The van der Waals surface area contributed by atoms with Crippen molar-refractivity contribution in [2.45, 2.75) is 37.5 Å². The van der Waals surface area contributed by atoms with Crippen LogP contribution in [0.3, 0.4) is 0 Å². The van der Waals surface area contributed by atoms with Crippen LogP contribution in [0.2, 0.25) is 0 Å². The molecule has 0 aromatic heterocycles. The average molecular weight is 259 g/mol. The van der Waals surface area contributed by atoms with Crippen LogP contribution in [0.4, 0.5) is 0 Å². The Kier molecular flexibility index (Phi) is 3.21. The zero-order valence-corrected chi connectivity index (χ0v) is 11.4. The molecule has 1 N–H and O–H groups in total. The molecule has 1 aromatic rings. The third-order valence-corrected chi connectivity index (χ3v) is 4.84. The fourth-order valence-corrected chi connectivity index (χ4v) is 3.91. The first kappa shape index (κ1) is 12.5. The van der Waals surface area contributed by atoms with Crippen molar-refractivity contribution in [1.82, 2.24) is 5.32 Å². The van der Waals surface area contributed by atoms with Gasteiger partial charge in [-0.1, -0.05) is 18.6 Å². The van der Waals surface area contributed by atoms with E-state index < -0.39 is 0 Å². The Bertz CT molecular complexity index is 485. The van der Waals surface area contributed by atoms with Crippen LogP contribution in [0.5, 0.6) is 5.75 Å². The Labute approximate surface area is 114 Å². The fraction of sp³-hybridized carbons (Fsp3) is 0.562. The first-order valence-corrected chi connectivity index (χ1v) is 7.18. The van der Waals surface area contributed by atoms with Crippen molar-refractivity contribution in [2.75, 3.05) is 13.7 Å². The molecule has 1 heterocycles. The summed E-state index contributed by atoms with van der Waals surface area (Å²) in [6.07, 6.45) is 5.46. The van der Waals surface area contributed by atoms with Gasteiger partial charge in [0.2, 0.25) is 5.91 Å². The molecular formula is C16H21NO2. The number of carbonyl (C=O) groups is 1. The maximum absolute atomic E-state index is 12.3. The summed E-state index contributed by atoms with van der Waals surface area (Å²) in [7, 11) is 1.70. The molecule has 3 rings (SSSR count). The van der Waals surface area contributed by atoms with Gasteiger partial charge in [-0.2, -0.15) is 0 Å². The number of hydrogen-bond donors (Lipinski definition) is 1. The molecule has 0 bridgehead atoms. The molecule has 0 radical (unpaired) electrons. The molecule has 1 saturated carbocycles. The summed E-state index contributed by atoms with van der Waals surface area (Å²) in [5, 5.41) is 3.07. The number of fused-ring (bicyclic) bond motifs is 1. The van der Waals surface area contributed by atoms with Crippen molar-refractivity contribution in [2.24, 2.45) is 5.92 Å². The Morgan fingerprint density at radius 3 is 3.00 bits per heavy atom. The number of nitrogens with one attached hydrogen (secondary N) is 1. The standard InChI is InChI=1S/C16H21NO2/c1-19-13-6-2-5-12(11-13)16-8-3-7-14(16)15(18)17-10-4-9-16/h2,5-6,11,14H,3-4,7-10H2,1H3,(H,17,18). The van der Waals surface area contributed by atoms with Crippen LogP contribution in [0.25, 0.3) is 0 Å². The first-order chi connectivity index (χ1) is 9.26. The highest BCUT2D eigenvalue weighted by molar-refractivity contribution is 5.81. The number of hydrogen-bond acceptors (Lipinski definition) is 2. The molecule has 2 aliphatic rings. The highest BCUT2D eigenvalue weighted by Crippen LogP contribution is 2.50. The Morgan fingerprint density at radius 1 is 1.32 bits per heavy atom. The second-order valence-electron chi connectivity index (χ2n) is 5.73. The summed E-state index contributed by atoms with van der Waals surface area (Å²) in [6.45, 7) is 0.820. The highest BCUT2D eigenvalue weighted by Gasteiger charge is 2.48. The fourth-order valence-electron chi connectivity index (χ4n) is 3.91. The van der Waals surface area contributed by atoms with E-state index in [0.29, 0.717) is 0 Å². The Hall–Kier alpha value is -1.51. The van der Waals surface area contributed by atoms with E-state index in [1.165, 1.54) is 5.56 Å². The van der Waals surface area contributed by atoms with E-state index >= 15 is 0 Å². The minimum Gasteiger partial charge on any atom is -0.497 e. The van der Waals surface area contributed by atoms with Gasteiger partial charge < -0.3 is 10.1 Å². The van der Waals surface area contributed by atoms with Gasteiger partial charge in [0.1, 0.15) is 5.75 Å². The summed E-state index contributed by atoms with van der Waals surface area (Å²) >= 11 is 0. The highest BCUT2D eigenvalue weighted by atomic mass is 16.5. The minimum absolute atomic E-state index is 0.0368. The maximum Gasteiger partial charge on any atom is 0.224 e. The summed E-state index contributed by atoms with van der Waals surface area (Å²) < 4.78 is 5.35. The van der Waals surface area contributed by atoms with Gasteiger partial charge in [-0.3, -0.25) is 4.79 Å². The Balaban J connectivity index is 2.04. The van der Waals surface area contributed by atoms with Gasteiger partial charge in [0.05, 0.1) is 7.11 Å². The van der Waals surface area contributed by atoms with Crippen molar-refractivity contribution >= 4 is 5.91 Å². The molecule has 19 heavy (non-hydrogen) atoms. The molecule has 2 atom stereocenters. The minimum atomic E-state index is 0.0368. The number of methoxy groups -OCH3 is 1. The van der Waals surface area contributed by atoms with Crippen molar-refractivity contribution in [3.63, 3.8) is 0 Å². The zero-order chi connectivity index (χ0) is 13.3. The predicted octanol–water partition coefficient (Wildman–Crippen LogP) is 2.64. The van der Waals surface area contributed by atoms with Crippen molar-refractivity contribution in [1.29, 1.82) is 0 Å². The third kappa shape index (κ3) is 2.01. The lowest BCUT2D eigenvalue weighted by molar-refractivity contribution is -0.125. The van der Waals surface area contributed by atoms with Crippen LogP contribution < -0.4 is 10.1 Å². The zero-order valence-electron chi connectivity index (χ0n) is 11.4. The van der Waals surface area contributed by atoms with Gasteiger partial charge in [-0.15, -0.1) is 0 Å². The van der Waals surface area contributed by atoms with Crippen molar-refractivity contribution in [3.05, 3.63) is 29.8 Å². The van der Waals surface area contributed by atoms with Gasteiger partial charge in [-0.05, 0) is 43.4 Å². The summed E-state index contributed by atoms with van der Waals surface area (Å²) in [4.78, 5) is 12.3. The van der Waals surface area contributed by atoms with E-state index in [1.54, 1.807) is 7.11 Å². The number of amides is 1. The van der Waals surface area contributed by atoms with Gasteiger partial charge in [-0.25, -0.2) is 0 Å². The topological polar surface area (TPSA) is 38.3 Å². The van der Waals surface area contributed by atoms with Gasteiger partial charge in [0, 0.05) is 17.9 Å². The lowest BCUT2D eigenvalue weighted by Crippen LogP contribution is -2.38. The molecule has 1 aliphatic carbocycles.